The molecule has 13 heavy (non-hydrogen) atoms. The second-order valence-electron chi connectivity index (χ2n) is 2.86. The van der Waals surface area contributed by atoms with E-state index in [1.165, 1.54) is 12.1 Å². The average molecular weight is 176 g/mol. The van der Waals surface area contributed by atoms with E-state index in [-0.39, 0.29) is 5.82 Å². The van der Waals surface area contributed by atoms with Gasteiger partial charge in [0.2, 0.25) is 6.33 Å². The standard InChI is InChI=1S/C10H9FN2/c1-12-5-6-13(8-12)10-4-2-3-9(11)7-10/h2-7H,1H3. The molecular formula is C10H9FN2. The Kier molecular flexibility index (Phi) is 1.85. The van der Waals surface area contributed by atoms with Crippen molar-refractivity contribution in [3.8, 4) is 5.69 Å². The number of nitrogens with zero attached hydrogens (tertiary/aromatic N) is 2. The van der Waals surface area contributed by atoms with Gasteiger partial charge in [0.25, 0.3) is 0 Å². The normalized spacial score (nSPS) is 10.3. The zero-order valence-electron chi connectivity index (χ0n) is 7.24. The minimum Gasteiger partial charge on any atom is -0.326 e. The van der Waals surface area contributed by atoms with Crippen molar-refractivity contribution in [3.63, 3.8) is 0 Å². The van der Waals surface area contributed by atoms with Crippen LogP contribution in [0.3, 0.4) is 0 Å². The summed E-state index contributed by atoms with van der Waals surface area (Å²) in [7, 11) is 1.87. The molecule has 0 amide bonds. The second kappa shape index (κ2) is 3.01. The van der Waals surface area contributed by atoms with Gasteiger partial charge in [-0.2, -0.15) is 0 Å². The highest BCUT2D eigenvalue weighted by Crippen LogP contribution is 2.07. The molecule has 2 nitrogen and oxygen atoms in total. The van der Waals surface area contributed by atoms with Crippen molar-refractivity contribution >= 4 is 0 Å². The van der Waals surface area contributed by atoms with Gasteiger partial charge in [0.1, 0.15) is 5.82 Å². The molecule has 0 aliphatic rings. The van der Waals surface area contributed by atoms with Crippen LogP contribution in [-0.2, 0) is 7.05 Å². The van der Waals surface area contributed by atoms with E-state index in [1.807, 2.05) is 25.5 Å². The van der Waals surface area contributed by atoms with E-state index in [0.717, 1.165) is 5.69 Å². The Labute approximate surface area is 75.9 Å². The number of benzene rings is 1. The fraction of sp³-hybridized carbons (Fsp3) is 0.100. The van der Waals surface area contributed by atoms with Crippen molar-refractivity contribution in [3.05, 3.63) is 48.8 Å². The summed E-state index contributed by atoms with van der Waals surface area (Å²) in [5.74, 6) is -0.234. The molecule has 0 atom stereocenters. The Bertz CT molecular complexity index is 420. The molecule has 1 aromatic heterocycles. The summed E-state index contributed by atoms with van der Waals surface area (Å²) < 4.78 is 16.3. The van der Waals surface area contributed by atoms with Crippen molar-refractivity contribution in [1.82, 2.24) is 4.57 Å². The van der Waals surface area contributed by atoms with Gasteiger partial charge >= 0.3 is 0 Å². The lowest BCUT2D eigenvalue weighted by atomic mass is 10.3. The summed E-state index contributed by atoms with van der Waals surface area (Å²) in [6.45, 7) is 0. The van der Waals surface area contributed by atoms with E-state index in [9.17, 15) is 4.39 Å². The first-order valence-electron chi connectivity index (χ1n) is 3.98. The number of hydrogen-bond donors (Lipinski definition) is 0. The van der Waals surface area contributed by atoms with E-state index in [4.69, 9.17) is 0 Å². The smallest absolute Gasteiger partial charge is 0.243 e. The van der Waals surface area contributed by atoms with Crippen LogP contribution in [0.1, 0.15) is 0 Å². The van der Waals surface area contributed by atoms with Crippen LogP contribution in [0.2, 0.25) is 0 Å². The number of imidazole rings is 1. The molecule has 0 saturated heterocycles. The molecule has 1 aromatic carbocycles. The average Bonchev–Trinajstić information content (AvgIpc) is 2.52. The summed E-state index contributed by atoms with van der Waals surface area (Å²) in [5, 5.41) is 0. The molecule has 3 heteroatoms. The maximum Gasteiger partial charge on any atom is 0.243 e. The predicted molar refractivity (Wildman–Crippen MR) is 45.7 cm³/mol. The zero-order valence-corrected chi connectivity index (χ0v) is 7.24. The first-order valence-corrected chi connectivity index (χ1v) is 3.98. The third kappa shape index (κ3) is 1.59. The van der Waals surface area contributed by atoms with E-state index >= 15 is 0 Å². The maximum absolute atomic E-state index is 12.8. The Morgan fingerprint density at radius 2 is 2.31 bits per heavy atom. The van der Waals surface area contributed by atoms with Gasteiger partial charge in [-0.05, 0) is 12.1 Å². The van der Waals surface area contributed by atoms with Gasteiger partial charge < -0.3 is 9.13 Å². The monoisotopic (exact) mass is 176 g/mol. The first kappa shape index (κ1) is 7.98. The van der Waals surface area contributed by atoms with Gasteiger partial charge in [0.05, 0.1) is 12.7 Å². The molecule has 0 aliphatic heterocycles. The Morgan fingerprint density at radius 1 is 1.46 bits per heavy atom. The van der Waals surface area contributed by atoms with Crippen LogP contribution in [-0.4, -0.2) is 4.57 Å². The fourth-order valence-electron chi connectivity index (χ4n) is 1.17. The summed E-state index contributed by atoms with van der Waals surface area (Å²) >= 11 is 0. The number of hydrogen-bond acceptors (Lipinski definition) is 0. The van der Waals surface area contributed by atoms with Crippen molar-refractivity contribution < 1.29 is 8.96 Å². The molecule has 0 unspecified atom stereocenters. The summed E-state index contributed by atoms with van der Waals surface area (Å²) in [6, 6.07) is 6.40. The Hall–Kier alpha value is -1.64. The van der Waals surface area contributed by atoms with Gasteiger partial charge in [0.15, 0.2) is 0 Å². The van der Waals surface area contributed by atoms with Gasteiger partial charge in [-0.15, -0.1) is 0 Å². The lowest BCUT2D eigenvalue weighted by Crippen LogP contribution is -2.24. The van der Waals surface area contributed by atoms with E-state index in [1.54, 1.807) is 15.2 Å². The Morgan fingerprint density at radius 3 is 2.92 bits per heavy atom. The molecule has 0 radical (unpaired) electrons. The molecule has 0 bridgehead atoms. The van der Waals surface area contributed by atoms with Crippen molar-refractivity contribution in [2.24, 2.45) is 7.05 Å². The highest BCUT2D eigenvalue weighted by molar-refractivity contribution is 5.30. The van der Waals surface area contributed by atoms with Crippen molar-refractivity contribution in [2.75, 3.05) is 0 Å². The van der Waals surface area contributed by atoms with Gasteiger partial charge in [0, 0.05) is 12.4 Å². The summed E-state index contributed by atoms with van der Waals surface area (Å²) in [5.41, 5.74) is 0.778. The molecule has 2 rings (SSSR count). The van der Waals surface area contributed by atoms with Crippen molar-refractivity contribution in [2.45, 2.75) is 0 Å². The third-order valence-corrected chi connectivity index (χ3v) is 1.79. The fourth-order valence-corrected chi connectivity index (χ4v) is 1.17. The predicted octanol–water partition coefficient (Wildman–Crippen LogP) is 1.24. The second-order valence-corrected chi connectivity index (χ2v) is 2.86. The van der Waals surface area contributed by atoms with Crippen LogP contribution in [0.15, 0.2) is 36.7 Å². The SMILES string of the molecule is C[n+]1[c-]n(-c2cccc(F)c2)cc1. The maximum atomic E-state index is 12.8. The van der Waals surface area contributed by atoms with Crippen LogP contribution in [0.5, 0.6) is 0 Å². The number of rotatable bonds is 1. The third-order valence-electron chi connectivity index (χ3n) is 1.79. The zero-order chi connectivity index (χ0) is 9.26. The lowest BCUT2D eigenvalue weighted by molar-refractivity contribution is -0.674. The molecule has 0 fully saturated rings. The minimum absolute atomic E-state index is 0.234. The number of aromatic nitrogens is 2. The van der Waals surface area contributed by atoms with Gasteiger partial charge in [-0.25, -0.2) is 4.39 Å². The quantitative estimate of drug-likeness (QED) is 0.456. The van der Waals surface area contributed by atoms with Crippen LogP contribution in [0.25, 0.3) is 5.69 Å². The summed E-state index contributed by atoms with van der Waals surface area (Å²) in [4.78, 5) is 0. The van der Waals surface area contributed by atoms with Crippen molar-refractivity contribution in [1.29, 1.82) is 0 Å². The Balaban J connectivity index is 2.46. The summed E-state index contributed by atoms with van der Waals surface area (Å²) in [6.07, 6.45) is 6.67. The van der Waals surface area contributed by atoms with Crippen LogP contribution in [0.4, 0.5) is 4.39 Å². The molecular weight excluding hydrogens is 167 g/mol. The topological polar surface area (TPSA) is 8.81 Å². The van der Waals surface area contributed by atoms with Gasteiger partial charge in [-0.1, -0.05) is 12.1 Å². The largest absolute Gasteiger partial charge is 0.326 e. The molecule has 0 saturated carbocycles. The minimum atomic E-state index is -0.234. The molecule has 1 heterocycles. The van der Waals surface area contributed by atoms with Crippen LogP contribution >= 0.6 is 0 Å². The lowest BCUT2D eigenvalue weighted by Gasteiger charge is -2.00. The van der Waals surface area contributed by atoms with Crippen LogP contribution in [0, 0.1) is 12.1 Å². The molecule has 0 spiro atoms. The molecule has 66 valence electrons. The molecule has 0 N–H and O–H groups in total. The highest BCUT2D eigenvalue weighted by atomic mass is 19.1. The van der Waals surface area contributed by atoms with E-state index in [2.05, 4.69) is 6.33 Å². The van der Waals surface area contributed by atoms with E-state index in [0.29, 0.717) is 0 Å². The first-order chi connectivity index (χ1) is 6.25. The van der Waals surface area contributed by atoms with E-state index < -0.39 is 0 Å². The van der Waals surface area contributed by atoms with Crippen LogP contribution < -0.4 is 4.57 Å². The molecule has 0 aliphatic carbocycles. The number of halogens is 1. The van der Waals surface area contributed by atoms with Gasteiger partial charge in [-0.3, -0.25) is 0 Å². The number of aryl methyl sites for hydroxylation is 1. The highest BCUT2D eigenvalue weighted by Gasteiger charge is 1.97. The molecule has 2 aromatic rings.